The molecule has 1 atom stereocenters. The van der Waals surface area contributed by atoms with Gasteiger partial charge in [0, 0.05) is 39.9 Å². The van der Waals surface area contributed by atoms with Crippen molar-refractivity contribution in [1.82, 2.24) is 10.6 Å². The van der Waals surface area contributed by atoms with Crippen LogP contribution in [0.25, 0.3) is 0 Å². The van der Waals surface area contributed by atoms with Crippen LogP contribution in [0.1, 0.15) is 31.9 Å². The zero-order chi connectivity index (χ0) is 18.2. The van der Waals surface area contributed by atoms with Crippen molar-refractivity contribution in [2.75, 3.05) is 27.8 Å². The molecule has 0 aliphatic carbocycles. The molecule has 0 saturated heterocycles. The van der Waals surface area contributed by atoms with Gasteiger partial charge in [0.15, 0.2) is 5.96 Å². The molecule has 0 heterocycles. The Morgan fingerprint density at radius 1 is 1.24 bits per heavy atom. The third-order valence-electron chi connectivity index (χ3n) is 3.80. The van der Waals surface area contributed by atoms with E-state index in [2.05, 4.69) is 36.4 Å². The van der Waals surface area contributed by atoms with Crippen LogP contribution in [-0.4, -0.2) is 39.9 Å². The Labute approximate surface area is 167 Å². The smallest absolute Gasteiger partial charge is 0.191 e. The summed E-state index contributed by atoms with van der Waals surface area (Å²) in [7, 11) is 4.98. The molecule has 0 radical (unpaired) electrons. The van der Waals surface area contributed by atoms with Gasteiger partial charge in [0.2, 0.25) is 0 Å². The normalized spacial score (nSPS) is 13.2. The van der Waals surface area contributed by atoms with Crippen LogP contribution in [-0.2, 0) is 22.6 Å². The van der Waals surface area contributed by atoms with Gasteiger partial charge in [-0.25, -0.2) is 4.39 Å². The Bertz CT molecular complexity index is 548. The highest BCUT2D eigenvalue weighted by Gasteiger charge is 2.24. The van der Waals surface area contributed by atoms with E-state index in [0.717, 1.165) is 5.56 Å². The van der Waals surface area contributed by atoms with Gasteiger partial charge < -0.3 is 20.1 Å². The van der Waals surface area contributed by atoms with E-state index in [1.54, 1.807) is 33.4 Å². The second kappa shape index (κ2) is 11.6. The summed E-state index contributed by atoms with van der Waals surface area (Å²) in [6.45, 7) is 7.86. The Morgan fingerprint density at radius 3 is 2.44 bits per heavy atom. The number of benzene rings is 1. The standard InChI is InChI=1S/C18H30FN3O2.HI/c1-18(2,3)16(24-6)11-22-17(20-4)21-10-13-7-8-15(19)14(9-13)12-23-5;/h7-9,16H,10-12H2,1-6H3,(H2,20,21,22);1H. The van der Waals surface area contributed by atoms with E-state index < -0.39 is 0 Å². The number of guanidine groups is 1. The molecule has 0 aliphatic heterocycles. The highest BCUT2D eigenvalue weighted by atomic mass is 127. The van der Waals surface area contributed by atoms with Gasteiger partial charge in [-0.15, -0.1) is 24.0 Å². The summed E-state index contributed by atoms with van der Waals surface area (Å²) < 4.78 is 24.2. The minimum Gasteiger partial charge on any atom is -0.380 e. The second-order valence-corrected chi connectivity index (χ2v) is 6.76. The van der Waals surface area contributed by atoms with E-state index >= 15 is 0 Å². The number of nitrogens with one attached hydrogen (secondary N) is 2. The van der Waals surface area contributed by atoms with Crippen LogP contribution in [0.4, 0.5) is 4.39 Å². The average molecular weight is 467 g/mol. The number of rotatable bonds is 7. The minimum atomic E-state index is -0.253. The van der Waals surface area contributed by atoms with Gasteiger partial charge in [-0.2, -0.15) is 0 Å². The van der Waals surface area contributed by atoms with Crippen molar-refractivity contribution in [3.8, 4) is 0 Å². The van der Waals surface area contributed by atoms with Crippen molar-refractivity contribution in [3.63, 3.8) is 0 Å². The lowest BCUT2D eigenvalue weighted by Crippen LogP contribution is -2.45. The monoisotopic (exact) mass is 467 g/mol. The molecule has 7 heteroatoms. The summed E-state index contributed by atoms with van der Waals surface area (Å²) >= 11 is 0. The SMILES string of the molecule is CN=C(NCc1ccc(F)c(COC)c1)NCC(OC)C(C)(C)C.I. The van der Waals surface area contributed by atoms with Crippen LogP contribution in [0.15, 0.2) is 23.2 Å². The third kappa shape index (κ3) is 8.33. The Balaban J connectivity index is 0.00000576. The molecule has 0 saturated carbocycles. The van der Waals surface area contributed by atoms with Gasteiger partial charge in [-0.1, -0.05) is 26.8 Å². The number of methoxy groups -OCH3 is 2. The molecule has 0 aliphatic rings. The first-order chi connectivity index (χ1) is 11.3. The Kier molecular flexibility index (Phi) is 11.2. The molecule has 1 unspecified atom stereocenters. The van der Waals surface area contributed by atoms with Crippen molar-refractivity contribution in [3.05, 3.63) is 35.1 Å². The molecule has 0 bridgehead atoms. The van der Waals surface area contributed by atoms with Gasteiger partial charge in [-0.05, 0) is 23.1 Å². The quantitative estimate of drug-likeness (QED) is 0.367. The number of halogens is 2. The number of hydrogen-bond acceptors (Lipinski definition) is 3. The van der Waals surface area contributed by atoms with E-state index in [-0.39, 0.29) is 47.9 Å². The first-order valence-electron chi connectivity index (χ1n) is 8.05. The number of ether oxygens (including phenoxy) is 2. The fourth-order valence-corrected chi connectivity index (χ4v) is 2.34. The summed E-state index contributed by atoms with van der Waals surface area (Å²) in [5, 5.41) is 6.49. The van der Waals surface area contributed by atoms with E-state index in [1.807, 2.05) is 0 Å². The topological polar surface area (TPSA) is 54.9 Å². The van der Waals surface area contributed by atoms with Gasteiger partial charge in [0.05, 0.1) is 12.7 Å². The van der Waals surface area contributed by atoms with Crippen molar-refractivity contribution < 1.29 is 13.9 Å². The van der Waals surface area contributed by atoms with Crippen LogP contribution in [0, 0.1) is 11.2 Å². The zero-order valence-corrected chi connectivity index (χ0v) is 18.3. The van der Waals surface area contributed by atoms with Crippen molar-refractivity contribution >= 4 is 29.9 Å². The maximum Gasteiger partial charge on any atom is 0.191 e. The average Bonchev–Trinajstić information content (AvgIpc) is 2.52. The molecule has 1 aromatic rings. The first kappa shape index (κ1) is 24.1. The lowest BCUT2D eigenvalue weighted by atomic mass is 9.89. The molecule has 0 aromatic heterocycles. The van der Waals surface area contributed by atoms with Crippen molar-refractivity contribution in [1.29, 1.82) is 0 Å². The van der Waals surface area contributed by atoms with E-state index in [1.165, 1.54) is 6.07 Å². The molecule has 25 heavy (non-hydrogen) atoms. The van der Waals surface area contributed by atoms with Crippen LogP contribution in [0.3, 0.4) is 0 Å². The Morgan fingerprint density at radius 2 is 1.92 bits per heavy atom. The molecule has 2 N–H and O–H groups in total. The highest BCUT2D eigenvalue weighted by molar-refractivity contribution is 14.0. The molecular formula is C18H31FIN3O2. The van der Waals surface area contributed by atoms with Crippen LogP contribution >= 0.6 is 24.0 Å². The van der Waals surface area contributed by atoms with Gasteiger partial charge >= 0.3 is 0 Å². The fourth-order valence-electron chi connectivity index (χ4n) is 2.34. The summed E-state index contributed by atoms with van der Waals surface area (Å²) in [6, 6.07) is 5.01. The molecule has 0 fully saturated rings. The zero-order valence-electron chi connectivity index (χ0n) is 16.0. The maximum atomic E-state index is 13.6. The second-order valence-electron chi connectivity index (χ2n) is 6.76. The molecule has 5 nitrogen and oxygen atoms in total. The van der Waals surface area contributed by atoms with E-state index in [9.17, 15) is 4.39 Å². The molecular weight excluding hydrogens is 436 g/mol. The Hall–Kier alpha value is -0.930. The highest BCUT2D eigenvalue weighted by Crippen LogP contribution is 2.20. The number of hydrogen-bond donors (Lipinski definition) is 2. The maximum absolute atomic E-state index is 13.6. The largest absolute Gasteiger partial charge is 0.380 e. The van der Waals surface area contributed by atoms with Crippen LogP contribution < -0.4 is 10.6 Å². The lowest BCUT2D eigenvalue weighted by molar-refractivity contribution is 0.0205. The summed E-state index contributed by atoms with van der Waals surface area (Å²) in [6.07, 6.45) is 0.0650. The number of aliphatic imine (C=N–C) groups is 1. The van der Waals surface area contributed by atoms with Gasteiger partial charge in [-0.3, -0.25) is 4.99 Å². The molecule has 1 rings (SSSR count). The predicted molar refractivity (Wildman–Crippen MR) is 111 cm³/mol. The van der Waals surface area contributed by atoms with E-state index in [0.29, 0.717) is 24.6 Å². The minimum absolute atomic E-state index is 0. The van der Waals surface area contributed by atoms with Crippen LogP contribution in [0.5, 0.6) is 0 Å². The van der Waals surface area contributed by atoms with Gasteiger partial charge in [0.25, 0.3) is 0 Å². The van der Waals surface area contributed by atoms with E-state index in [4.69, 9.17) is 9.47 Å². The summed E-state index contributed by atoms with van der Waals surface area (Å²) in [5.41, 5.74) is 1.55. The number of nitrogens with zero attached hydrogens (tertiary/aromatic N) is 1. The summed E-state index contributed by atoms with van der Waals surface area (Å²) in [4.78, 5) is 4.21. The molecule has 1 aromatic carbocycles. The fraction of sp³-hybridized carbons (Fsp3) is 0.611. The first-order valence-corrected chi connectivity index (χ1v) is 8.05. The summed E-state index contributed by atoms with van der Waals surface area (Å²) in [5.74, 6) is 0.426. The molecule has 0 spiro atoms. The third-order valence-corrected chi connectivity index (χ3v) is 3.80. The van der Waals surface area contributed by atoms with Gasteiger partial charge in [0.1, 0.15) is 5.82 Å². The predicted octanol–water partition coefficient (Wildman–Crippen LogP) is 3.32. The van der Waals surface area contributed by atoms with Crippen LogP contribution in [0.2, 0.25) is 0 Å². The van der Waals surface area contributed by atoms with Crippen molar-refractivity contribution in [2.45, 2.75) is 40.0 Å². The molecule has 144 valence electrons. The molecule has 0 amide bonds. The van der Waals surface area contributed by atoms with Crippen molar-refractivity contribution in [2.24, 2.45) is 10.4 Å². The lowest BCUT2D eigenvalue weighted by Gasteiger charge is -2.30.